The van der Waals surface area contributed by atoms with Crippen molar-refractivity contribution in [2.45, 2.75) is 192 Å². The van der Waals surface area contributed by atoms with E-state index >= 15 is 0 Å². The highest BCUT2D eigenvalue weighted by atomic mass is 16.8. The molecule has 4 aliphatic carbocycles. The van der Waals surface area contributed by atoms with Crippen molar-refractivity contribution in [2.75, 3.05) is 13.2 Å². The van der Waals surface area contributed by atoms with Crippen LogP contribution in [0.4, 0.5) is 0 Å². The summed E-state index contributed by atoms with van der Waals surface area (Å²) in [7, 11) is 0. The Hall–Kier alpha value is -0.780. The van der Waals surface area contributed by atoms with Gasteiger partial charge in [0.25, 0.3) is 0 Å². The van der Waals surface area contributed by atoms with Crippen LogP contribution in [0.15, 0.2) is 11.6 Å². The average molecular weight is 785 g/mol. The van der Waals surface area contributed by atoms with E-state index in [1.165, 1.54) is 6.92 Å². The SMILES string of the molecule is CC(C)=CCCC(C)(OC1OC(CO)C(O)C(O)C1OC1OC(C)C(O)C(O)C1O)C1CCC2(C)C1CCC1C3(C)CCC(O)C(C)(C)C3C(O)CC12CO. The minimum absolute atomic E-state index is 0.0539. The van der Waals surface area contributed by atoms with Crippen molar-refractivity contribution in [3.8, 4) is 0 Å². The quantitative estimate of drug-likeness (QED) is 0.145. The third-order valence-electron chi connectivity index (χ3n) is 16.5. The fourth-order valence-corrected chi connectivity index (χ4v) is 13.5. The molecular weight excluding hydrogens is 712 g/mol. The second-order valence-electron chi connectivity index (χ2n) is 20.0. The van der Waals surface area contributed by atoms with Gasteiger partial charge in [-0.25, -0.2) is 0 Å². The van der Waals surface area contributed by atoms with E-state index in [0.717, 1.165) is 37.7 Å². The zero-order chi connectivity index (χ0) is 40.6. The molecule has 0 aromatic carbocycles. The predicted octanol–water partition coefficient (Wildman–Crippen LogP) is 2.15. The minimum Gasteiger partial charge on any atom is -0.396 e. The van der Waals surface area contributed by atoms with Gasteiger partial charge in [0, 0.05) is 12.0 Å². The Morgan fingerprint density at radius 3 is 2.15 bits per heavy atom. The molecule has 2 heterocycles. The van der Waals surface area contributed by atoms with Gasteiger partial charge in [0.2, 0.25) is 0 Å². The molecule has 2 saturated heterocycles. The number of hydrogen-bond acceptors (Lipinski definition) is 13. The van der Waals surface area contributed by atoms with Gasteiger partial charge in [-0.2, -0.15) is 0 Å². The van der Waals surface area contributed by atoms with Crippen molar-refractivity contribution in [3.05, 3.63) is 11.6 Å². The Balaban J connectivity index is 1.35. The van der Waals surface area contributed by atoms with E-state index in [0.29, 0.717) is 25.7 Å². The summed E-state index contributed by atoms with van der Waals surface area (Å²) < 4.78 is 25.1. The summed E-state index contributed by atoms with van der Waals surface area (Å²) in [5.74, 6) is 0.0519. The zero-order valence-electron chi connectivity index (χ0n) is 34.3. The lowest BCUT2D eigenvalue weighted by Gasteiger charge is -2.71. The first kappa shape index (κ1) is 43.8. The molecule has 0 aromatic heterocycles. The average Bonchev–Trinajstić information content (AvgIpc) is 3.49. The van der Waals surface area contributed by atoms with Crippen LogP contribution in [0.3, 0.4) is 0 Å². The van der Waals surface area contributed by atoms with Gasteiger partial charge < -0.3 is 64.9 Å². The van der Waals surface area contributed by atoms with Crippen molar-refractivity contribution >= 4 is 0 Å². The van der Waals surface area contributed by atoms with Gasteiger partial charge in [-0.15, -0.1) is 0 Å². The van der Waals surface area contributed by atoms with Crippen LogP contribution in [-0.2, 0) is 18.9 Å². The van der Waals surface area contributed by atoms with E-state index in [9.17, 15) is 46.0 Å². The van der Waals surface area contributed by atoms with Gasteiger partial charge in [0.1, 0.15) is 42.7 Å². The number of ether oxygens (including phenoxy) is 4. The van der Waals surface area contributed by atoms with Crippen LogP contribution >= 0.6 is 0 Å². The molecule has 13 heteroatoms. The van der Waals surface area contributed by atoms with E-state index < -0.39 is 96.7 Å². The first-order chi connectivity index (χ1) is 25.6. The number of hydrogen-bond donors (Lipinski definition) is 9. The summed E-state index contributed by atoms with van der Waals surface area (Å²) >= 11 is 0. The molecule has 0 bridgehead atoms. The molecule has 6 fully saturated rings. The van der Waals surface area contributed by atoms with E-state index in [1.54, 1.807) is 0 Å². The van der Waals surface area contributed by atoms with Crippen LogP contribution in [-0.4, -0.2) is 138 Å². The van der Waals surface area contributed by atoms with Gasteiger partial charge in [0.15, 0.2) is 12.6 Å². The van der Waals surface area contributed by atoms with Crippen molar-refractivity contribution in [1.82, 2.24) is 0 Å². The highest BCUT2D eigenvalue weighted by Crippen LogP contribution is 2.76. The van der Waals surface area contributed by atoms with Crippen molar-refractivity contribution < 1.29 is 64.9 Å². The molecule has 4 saturated carbocycles. The predicted molar refractivity (Wildman–Crippen MR) is 201 cm³/mol. The van der Waals surface area contributed by atoms with Crippen LogP contribution in [0.25, 0.3) is 0 Å². The molecule has 9 N–H and O–H groups in total. The lowest BCUT2D eigenvalue weighted by atomic mass is 9.34. The topological polar surface area (TPSA) is 219 Å². The maximum Gasteiger partial charge on any atom is 0.187 e. The number of aliphatic hydroxyl groups is 9. The molecule has 0 spiro atoms. The molecule has 20 atom stereocenters. The molecule has 6 rings (SSSR count). The second kappa shape index (κ2) is 15.7. The maximum absolute atomic E-state index is 12.1. The number of aliphatic hydroxyl groups excluding tert-OH is 9. The number of allylic oxidation sites excluding steroid dienone is 2. The second-order valence-corrected chi connectivity index (χ2v) is 20.0. The van der Waals surface area contributed by atoms with E-state index in [1.807, 2.05) is 20.8 Å². The Labute approximate surface area is 327 Å². The van der Waals surface area contributed by atoms with E-state index in [-0.39, 0.29) is 41.1 Å². The van der Waals surface area contributed by atoms with Crippen LogP contribution in [0.5, 0.6) is 0 Å². The normalized spacial score (nSPS) is 52.0. The molecule has 2 aliphatic heterocycles. The summed E-state index contributed by atoms with van der Waals surface area (Å²) in [6.07, 6.45) is -6.86. The zero-order valence-corrected chi connectivity index (χ0v) is 34.3. The molecule has 0 amide bonds. The maximum atomic E-state index is 12.1. The third kappa shape index (κ3) is 7.00. The minimum atomic E-state index is -1.68. The molecule has 6 aliphatic rings. The van der Waals surface area contributed by atoms with Gasteiger partial charge in [-0.05, 0) is 125 Å². The number of fused-ring (bicyclic) bond motifs is 5. The molecule has 20 unspecified atom stereocenters. The first-order valence-corrected chi connectivity index (χ1v) is 20.9. The Bertz CT molecular complexity index is 1370. The molecule has 0 radical (unpaired) electrons. The molecule has 0 aromatic rings. The van der Waals surface area contributed by atoms with Gasteiger partial charge in [0.05, 0.1) is 30.5 Å². The summed E-state index contributed by atoms with van der Waals surface area (Å²) in [4.78, 5) is 0. The Morgan fingerprint density at radius 2 is 1.51 bits per heavy atom. The van der Waals surface area contributed by atoms with Gasteiger partial charge in [-0.3, -0.25) is 0 Å². The summed E-state index contributed by atoms with van der Waals surface area (Å²) in [5.41, 5.74) is -1.46. The molecular formula is C42H72O13. The number of rotatable bonds is 10. The van der Waals surface area contributed by atoms with Crippen molar-refractivity contribution in [3.63, 3.8) is 0 Å². The fraction of sp³-hybridized carbons (Fsp3) is 0.952. The van der Waals surface area contributed by atoms with Crippen LogP contribution < -0.4 is 0 Å². The monoisotopic (exact) mass is 784 g/mol. The Morgan fingerprint density at radius 1 is 0.818 bits per heavy atom. The summed E-state index contributed by atoms with van der Waals surface area (Å²) in [6, 6.07) is 0. The van der Waals surface area contributed by atoms with E-state index in [4.69, 9.17) is 18.9 Å². The highest BCUT2D eigenvalue weighted by Gasteiger charge is 2.73. The van der Waals surface area contributed by atoms with Gasteiger partial charge in [-0.1, -0.05) is 39.3 Å². The standard InChI is InChI=1S/C42H72O13/c1-21(2)10-9-15-41(8,55-37-34(32(50)30(48)26(19-43)53-37)54-36-33(51)31(49)29(47)22(3)52-36)24-13-17-40(7)23(24)11-12-27-39(6)16-14-28(46)38(4,5)35(39)25(45)18-42(27,40)20-44/h10,22-37,43-51H,9,11-20H2,1-8H3. The Kier molecular flexibility index (Phi) is 12.5. The van der Waals surface area contributed by atoms with E-state index in [2.05, 4.69) is 33.8 Å². The van der Waals surface area contributed by atoms with Gasteiger partial charge >= 0.3 is 0 Å². The smallest absolute Gasteiger partial charge is 0.187 e. The van der Waals surface area contributed by atoms with Crippen LogP contribution in [0, 0.1) is 45.3 Å². The first-order valence-electron chi connectivity index (χ1n) is 20.9. The third-order valence-corrected chi connectivity index (χ3v) is 16.5. The fourth-order valence-electron chi connectivity index (χ4n) is 13.5. The lowest BCUT2D eigenvalue weighted by molar-refractivity contribution is -0.379. The molecule has 318 valence electrons. The summed E-state index contributed by atoms with van der Waals surface area (Å²) in [6.45, 7) is 15.7. The highest BCUT2D eigenvalue weighted by molar-refractivity contribution is 5.21. The van der Waals surface area contributed by atoms with Crippen molar-refractivity contribution in [1.29, 1.82) is 0 Å². The lowest BCUT2D eigenvalue weighted by Crippen LogP contribution is -2.69. The molecule has 55 heavy (non-hydrogen) atoms. The van der Waals surface area contributed by atoms with Crippen LogP contribution in [0.2, 0.25) is 0 Å². The van der Waals surface area contributed by atoms with Crippen molar-refractivity contribution in [2.24, 2.45) is 45.3 Å². The molecule has 13 nitrogen and oxygen atoms in total. The van der Waals surface area contributed by atoms with Crippen LogP contribution in [0.1, 0.15) is 113 Å². The summed E-state index contributed by atoms with van der Waals surface area (Å²) in [5, 5.41) is 99.2. The largest absolute Gasteiger partial charge is 0.396 e.